The first-order chi connectivity index (χ1) is 9.48. The summed E-state index contributed by atoms with van der Waals surface area (Å²) < 4.78 is 13.1. The second-order valence-corrected chi connectivity index (χ2v) is 7.89. The summed E-state index contributed by atoms with van der Waals surface area (Å²) in [4.78, 5) is 13.0. The molecule has 0 heterocycles. The molecule has 5 rings (SSSR count). The smallest absolute Gasteiger partial charge is 0.169 e. The Hall–Kier alpha value is -1.18. The van der Waals surface area contributed by atoms with Gasteiger partial charge < -0.3 is 0 Å². The number of Topliss-reactive ketones (excluding diaryl/α,β-unsaturated/α-hetero) is 1. The summed E-state index contributed by atoms with van der Waals surface area (Å²) in [6.45, 7) is 2.37. The molecule has 0 aromatic heterocycles. The summed E-state index contributed by atoms with van der Waals surface area (Å²) in [7, 11) is 0. The van der Waals surface area contributed by atoms with E-state index in [0.717, 1.165) is 31.1 Å². The molecule has 0 spiro atoms. The fraction of sp³-hybridized carbons (Fsp3) is 0.611. The molecule has 0 saturated heterocycles. The van der Waals surface area contributed by atoms with Crippen LogP contribution in [0, 0.1) is 28.5 Å². The van der Waals surface area contributed by atoms with Gasteiger partial charge >= 0.3 is 0 Å². The summed E-state index contributed by atoms with van der Waals surface area (Å²) in [5.74, 6) is 1.49. The molecule has 106 valence electrons. The average Bonchev–Trinajstić information content (AvgIpc) is 2.36. The number of halogens is 1. The molecule has 2 unspecified atom stereocenters. The van der Waals surface area contributed by atoms with Crippen LogP contribution < -0.4 is 0 Å². The van der Waals surface area contributed by atoms with E-state index < -0.39 is 0 Å². The quantitative estimate of drug-likeness (QED) is 0.718. The van der Waals surface area contributed by atoms with E-state index in [2.05, 4.69) is 6.92 Å². The van der Waals surface area contributed by atoms with Crippen molar-refractivity contribution < 1.29 is 9.18 Å². The van der Waals surface area contributed by atoms with Crippen LogP contribution >= 0.6 is 0 Å². The lowest BCUT2D eigenvalue weighted by atomic mass is 9.43. The Labute approximate surface area is 119 Å². The van der Waals surface area contributed by atoms with Crippen LogP contribution in [0.25, 0.3) is 0 Å². The molecule has 0 N–H and O–H groups in total. The third-order valence-electron chi connectivity index (χ3n) is 5.94. The molecule has 2 heteroatoms. The van der Waals surface area contributed by atoms with Gasteiger partial charge in [-0.25, -0.2) is 4.39 Å². The van der Waals surface area contributed by atoms with Gasteiger partial charge in [0.1, 0.15) is 5.82 Å². The monoisotopic (exact) mass is 272 g/mol. The molecule has 4 bridgehead atoms. The van der Waals surface area contributed by atoms with Crippen LogP contribution in [-0.2, 0) is 0 Å². The Bertz CT molecular complexity index is 545. The van der Waals surface area contributed by atoms with Crippen LogP contribution in [-0.4, -0.2) is 5.78 Å². The molecule has 4 aliphatic carbocycles. The predicted molar refractivity (Wildman–Crippen MR) is 76.0 cm³/mol. The van der Waals surface area contributed by atoms with E-state index in [-0.39, 0.29) is 17.0 Å². The van der Waals surface area contributed by atoms with E-state index in [1.54, 1.807) is 12.1 Å². The molecule has 2 atom stereocenters. The second kappa shape index (κ2) is 3.93. The summed E-state index contributed by atoms with van der Waals surface area (Å²) in [6.07, 6.45) is 7.12. The zero-order chi connectivity index (χ0) is 14.0. The minimum atomic E-state index is -0.265. The standard InChI is InChI=1S/C18H21FO/c1-17-7-12-6-13(8-17)10-18(9-12,11-17)16(20)14-2-4-15(19)5-3-14/h2-5,12-13H,6-11H2,1H3. The number of rotatable bonds is 2. The zero-order valence-corrected chi connectivity index (χ0v) is 12.0. The van der Waals surface area contributed by atoms with Crippen molar-refractivity contribution in [2.24, 2.45) is 22.7 Å². The van der Waals surface area contributed by atoms with Crippen molar-refractivity contribution in [3.8, 4) is 0 Å². The van der Waals surface area contributed by atoms with Gasteiger partial charge in [0.2, 0.25) is 0 Å². The van der Waals surface area contributed by atoms with Gasteiger partial charge in [-0.1, -0.05) is 6.92 Å². The summed E-state index contributed by atoms with van der Waals surface area (Å²) in [6, 6.07) is 6.15. The highest BCUT2D eigenvalue weighted by Gasteiger charge is 2.58. The third kappa shape index (κ3) is 1.77. The molecule has 4 saturated carbocycles. The Morgan fingerprint density at radius 1 is 1.10 bits per heavy atom. The van der Waals surface area contributed by atoms with Crippen molar-refractivity contribution >= 4 is 5.78 Å². The average molecular weight is 272 g/mol. The molecule has 1 aromatic carbocycles. The van der Waals surface area contributed by atoms with Gasteiger partial charge in [-0.05, 0) is 80.0 Å². The first-order valence-electron chi connectivity index (χ1n) is 7.79. The van der Waals surface area contributed by atoms with Gasteiger partial charge in [0.25, 0.3) is 0 Å². The first-order valence-corrected chi connectivity index (χ1v) is 7.79. The van der Waals surface area contributed by atoms with Crippen molar-refractivity contribution in [1.82, 2.24) is 0 Å². The van der Waals surface area contributed by atoms with E-state index in [9.17, 15) is 9.18 Å². The molecule has 1 aromatic rings. The molecule has 0 radical (unpaired) electrons. The van der Waals surface area contributed by atoms with Crippen LogP contribution in [0.5, 0.6) is 0 Å². The summed E-state index contributed by atoms with van der Waals surface area (Å²) in [5, 5.41) is 0. The number of ketones is 1. The molecular formula is C18H21FO. The molecule has 4 fully saturated rings. The maximum Gasteiger partial charge on any atom is 0.169 e. The highest BCUT2D eigenvalue weighted by Crippen LogP contribution is 2.65. The number of hydrogen-bond acceptors (Lipinski definition) is 1. The van der Waals surface area contributed by atoms with E-state index in [1.165, 1.54) is 31.4 Å². The number of hydrogen-bond donors (Lipinski definition) is 0. The van der Waals surface area contributed by atoms with Gasteiger partial charge in [-0.2, -0.15) is 0 Å². The largest absolute Gasteiger partial charge is 0.294 e. The number of carbonyl (C=O) groups excluding carboxylic acids is 1. The van der Waals surface area contributed by atoms with E-state index in [0.29, 0.717) is 11.0 Å². The lowest BCUT2D eigenvalue weighted by Gasteiger charge is -2.60. The Kier molecular flexibility index (Phi) is 2.47. The van der Waals surface area contributed by atoms with Crippen molar-refractivity contribution in [3.63, 3.8) is 0 Å². The number of carbonyl (C=O) groups is 1. The summed E-state index contributed by atoms with van der Waals surface area (Å²) in [5.41, 5.74) is 0.938. The van der Waals surface area contributed by atoms with Crippen LogP contribution in [0.1, 0.15) is 55.8 Å². The van der Waals surface area contributed by atoms with Crippen LogP contribution in [0.2, 0.25) is 0 Å². The van der Waals surface area contributed by atoms with Gasteiger partial charge in [0, 0.05) is 11.0 Å². The highest BCUT2D eigenvalue weighted by molar-refractivity contribution is 6.00. The fourth-order valence-electron chi connectivity index (χ4n) is 5.89. The van der Waals surface area contributed by atoms with Crippen LogP contribution in [0.4, 0.5) is 4.39 Å². The Balaban J connectivity index is 1.70. The van der Waals surface area contributed by atoms with Crippen molar-refractivity contribution in [2.75, 3.05) is 0 Å². The molecule has 0 aliphatic heterocycles. The fourth-order valence-corrected chi connectivity index (χ4v) is 5.89. The van der Waals surface area contributed by atoms with Gasteiger partial charge in [0.05, 0.1) is 0 Å². The van der Waals surface area contributed by atoms with Gasteiger partial charge in [-0.15, -0.1) is 0 Å². The predicted octanol–water partition coefficient (Wildman–Crippen LogP) is 4.61. The molecule has 4 aliphatic rings. The third-order valence-corrected chi connectivity index (χ3v) is 5.94. The van der Waals surface area contributed by atoms with Gasteiger partial charge in [-0.3, -0.25) is 4.79 Å². The maximum atomic E-state index is 13.1. The van der Waals surface area contributed by atoms with E-state index >= 15 is 0 Å². The van der Waals surface area contributed by atoms with Crippen LogP contribution in [0.3, 0.4) is 0 Å². The summed E-state index contributed by atoms with van der Waals surface area (Å²) >= 11 is 0. The topological polar surface area (TPSA) is 17.1 Å². The van der Waals surface area contributed by atoms with Crippen LogP contribution in [0.15, 0.2) is 24.3 Å². The van der Waals surface area contributed by atoms with E-state index in [1.807, 2.05) is 0 Å². The zero-order valence-electron chi connectivity index (χ0n) is 12.0. The first kappa shape index (κ1) is 12.6. The molecular weight excluding hydrogens is 251 g/mol. The molecule has 0 amide bonds. The Morgan fingerprint density at radius 2 is 1.70 bits per heavy atom. The van der Waals surface area contributed by atoms with Crippen molar-refractivity contribution in [1.29, 1.82) is 0 Å². The van der Waals surface area contributed by atoms with E-state index in [4.69, 9.17) is 0 Å². The molecule has 1 nitrogen and oxygen atoms in total. The Morgan fingerprint density at radius 3 is 2.25 bits per heavy atom. The molecule has 20 heavy (non-hydrogen) atoms. The number of benzene rings is 1. The van der Waals surface area contributed by atoms with Gasteiger partial charge in [0.15, 0.2) is 5.78 Å². The lowest BCUT2D eigenvalue weighted by molar-refractivity contribution is -0.0820. The highest BCUT2D eigenvalue weighted by atomic mass is 19.1. The van der Waals surface area contributed by atoms with Crippen molar-refractivity contribution in [3.05, 3.63) is 35.6 Å². The second-order valence-electron chi connectivity index (χ2n) is 7.89. The minimum Gasteiger partial charge on any atom is -0.294 e. The normalized spacial score (nSPS) is 41.9. The SMILES string of the molecule is CC12CC3CC(C1)CC(C(=O)c1ccc(F)cc1)(C3)C2. The minimum absolute atomic E-state index is 0.142. The van der Waals surface area contributed by atoms with Crippen molar-refractivity contribution in [2.45, 2.75) is 45.4 Å². The maximum absolute atomic E-state index is 13.1. The lowest BCUT2D eigenvalue weighted by Crippen LogP contribution is -2.54.